The Morgan fingerprint density at radius 1 is 1.14 bits per heavy atom. The lowest BCUT2D eigenvalue weighted by Crippen LogP contribution is -2.52. The first-order valence-corrected chi connectivity index (χ1v) is 7.08. The summed E-state index contributed by atoms with van der Waals surface area (Å²) in [4.78, 5) is 38.5. The minimum absolute atomic E-state index is 0.0846. The van der Waals surface area contributed by atoms with E-state index in [-0.39, 0.29) is 17.9 Å². The van der Waals surface area contributed by atoms with E-state index in [0.717, 1.165) is 0 Å². The fourth-order valence-corrected chi connectivity index (χ4v) is 2.31. The number of hydrogen-bond acceptors (Lipinski definition) is 5. The maximum Gasteiger partial charge on any atom is 0.409 e. The van der Waals surface area contributed by atoms with E-state index in [1.165, 1.54) is 5.01 Å². The number of hydrogen-bond donors (Lipinski definition) is 0. The molecule has 2 rings (SSSR count). The van der Waals surface area contributed by atoms with Crippen molar-refractivity contribution in [2.75, 3.05) is 39.8 Å². The Morgan fingerprint density at radius 3 is 2.33 bits per heavy atom. The van der Waals surface area contributed by atoms with E-state index < -0.39 is 0 Å². The first kappa shape index (κ1) is 15.3. The molecule has 2 aliphatic heterocycles. The molecule has 0 aromatic heterocycles. The van der Waals surface area contributed by atoms with Crippen molar-refractivity contribution in [1.29, 1.82) is 0 Å². The summed E-state index contributed by atoms with van der Waals surface area (Å²) in [6, 6.07) is 0. The van der Waals surface area contributed by atoms with E-state index in [2.05, 4.69) is 5.10 Å². The van der Waals surface area contributed by atoms with Crippen LogP contribution in [0.4, 0.5) is 4.79 Å². The Bertz CT molecular complexity index is 469. The largest absolute Gasteiger partial charge is 0.450 e. The van der Waals surface area contributed by atoms with Crippen LogP contribution < -0.4 is 0 Å². The van der Waals surface area contributed by atoms with Gasteiger partial charge in [-0.05, 0) is 6.92 Å². The predicted octanol–water partition coefficient (Wildman–Crippen LogP) is -0.105. The molecule has 0 bridgehead atoms. The van der Waals surface area contributed by atoms with Crippen molar-refractivity contribution in [3.63, 3.8) is 0 Å². The van der Waals surface area contributed by atoms with Crippen LogP contribution in [-0.2, 0) is 14.3 Å². The zero-order valence-corrected chi connectivity index (χ0v) is 12.4. The molecule has 8 heteroatoms. The lowest BCUT2D eigenvalue weighted by molar-refractivity contribution is -0.131. The molecule has 0 aliphatic carbocycles. The van der Waals surface area contributed by atoms with Crippen molar-refractivity contribution < 1.29 is 19.1 Å². The van der Waals surface area contributed by atoms with Crippen LogP contribution in [0, 0.1) is 0 Å². The van der Waals surface area contributed by atoms with Gasteiger partial charge in [0.15, 0.2) is 0 Å². The van der Waals surface area contributed by atoms with Crippen molar-refractivity contribution in [2.45, 2.75) is 19.8 Å². The van der Waals surface area contributed by atoms with Crippen LogP contribution in [-0.4, -0.2) is 78.3 Å². The minimum atomic E-state index is -0.343. The average molecular weight is 296 g/mol. The third-order valence-electron chi connectivity index (χ3n) is 3.55. The number of piperazine rings is 1. The van der Waals surface area contributed by atoms with Crippen LogP contribution in [0.25, 0.3) is 0 Å². The fraction of sp³-hybridized carbons (Fsp3) is 0.692. The molecule has 8 nitrogen and oxygen atoms in total. The molecule has 0 radical (unpaired) electrons. The molecule has 2 heterocycles. The molecule has 0 aromatic rings. The standard InChI is InChI=1S/C13H20N4O4/c1-3-21-13(20)17-8-6-16(7-9-17)12(19)10-4-5-11(18)15(2)14-10/h3-9H2,1-2H3. The molecule has 0 atom stereocenters. The summed E-state index contributed by atoms with van der Waals surface area (Å²) < 4.78 is 4.93. The van der Waals surface area contributed by atoms with Crippen LogP contribution in [0.2, 0.25) is 0 Å². The monoisotopic (exact) mass is 296 g/mol. The maximum atomic E-state index is 12.3. The normalized spacial score (nSPS) is 19.4. The summed E-state index contributed by atoms with van der Waals surface area (Å²) in [5, 5.41) is 5.24. The first-order chi connectivity index (χ1) is 10.0. The molecule has 116 valence electrons. The fourth-order valence-electron chi connectivity index (χ4n) is 2.31. The van der Waals surface area contributed by atoms with Crippen molar-refractivity contribution in [1.82, 2.24) is 14.8 Å². The quantitative estimate of drug-likeness (QED) is 0.712. The van der Waals surface area contributed by atoms with Gasteiger partial charge in [-0.15, -0.1) is 0 Å². The highest BCUT2D eigenvalue weighted by Gasteiger charge is 2.29. The second kappa shape index (κ2) is 6.55. The van der Waals surface area contributed by atoms with Crippen LogP contribution in [0.3, 0.4) is 0 Å². The van der Waals surface area contributed by atoms with Gasteiger partial charge in [0.2, 0.25) is 5.91 Å². The van der Waals surface area contributed by atoms with Crippen LogP contribution >= 0.6 is 0 Å². The molecular formula is C13H20N4O4. The Kier molecular flexibility index (Phi) is 4.77. The number of carbonyl (C=O) groups excluding carboxylic acids is 3. The van der Waals surface area contributed by atoms with Crippen LogP contribution in [0.1, 0.15) is 19.8 Å². The van der Waals surface area contributed by atoms with Crippen molar-refractivity contribution in [3.8, 4) is 0 Å². The highest BCUT2D eigenvalue weighted by Crippen LogP contribution is 2.11. The average Bonchev–Trinajstić information content (AvgIpc) is 2.50. The number of hydrazone groups is 1. The van der Waals surface area contributed by atoms with Gasteiger partial charge in [-0.1, -0.05) is 0 Å². The molecule has 21 heavy (non-hydrogen) atoms. The van der Waals surface area contributed by atoms with E-state index in [9.17, 15) is 14.4 Å². The van der Waals surface area contributed by atoms with E-state index in [1.807, 2.05) is 0 Å². The zero-order valence-electron chi connectivity index (χ0n) is 12.4. The SMILES string of the molecule is CCOC(=O)N1CCN(C(=O)C2=NN(C)C(=O)CC2)CC1. The summed E-state index contributed by atoms with van der Waals surface area (Å²) in [5.74, 6) is -0.239. The van der Waals surface area contributed by atoms with Gasteiger partial charge >= 0.3 is 6.09 Å². The van der Waals surface area contributed by atoms with Gasteiger partial charge in [-0.2, -0.15) is 5.10 Å². The Morgan fingerprint density at radius 2 is 1.76 bits per heavy atom. The zero-order chi connectivity index (χ0) is 15.4. The maximum absolute atomic E-state index is 12.3. The summed E-state index contributed by atoms with van der Waals surface area (Å²) in [6.45, 7) is 3.91. The van der Waals surface area contributed by atoms with Gasteiger partial charge in [0, 0.05) is 46.1 Å². The third-order valence-corrected chi connectivity index (χ3v) is 3.55. The topological polar surface area (TPSA) is 82.5 Å². The van der Waals surface area contributed by atoms with Crippen LogP contribution in [0.15, 0.2) is 5.10 Å². The van der Waals surface area contributed by atoms with Crippen LogP contribution in [0.5, 0.6) is 0 Å². The Labute approximate surface area is 123 Å². The van der Waals surface area contributed by atoms with Gasteiger partial charge in [0.25, 0.3) is 5.91 Å². The second-order valence-corrected chi connectivity index (χ2v) is 4.94. The van der Waals surface area contributed by atoms with E-state index in [1.54, 1.807) is 23.8 Å². The highest BCUT2D eigenvalue weighted by atomic mass is 16.6. The van der Waals surface area contributed by atoms with Gasteiger partial charge in [0.05, 0.1) is 6.61 Å². The van der Waals surface area contributed by atoms with Gasteiger partial charge in [-0.25, -0.2) is 9.80 Å². The molecule has 0 spiro atoms. The molecule has 0 saturated carbocycles. The molecular weight excluding hydrogens is 276 g/mol. The third kappa shape index (κ3) is 3.50. The lowest BCUT2D eigenvalue weighted by atomic mass is 10.1. The minimum Gasteiger partial charge on any atom is -0.450 e. The number of nitrogens with zero attached hydrogens (tertiary/aromatic N) is 4. The highest BCUT2D eigenvalue weighted by molar-refractivity contribution is 6.39. The summed E-state index contributed by atoms with van der Waals surface area (Å²) in [6.07, 6.45) is 0.342. The predicted molar refractivity (Wildman–Crippen MR) is 74.6 cm³/mol. The van der Waals surface area contributed by atoms with Crippen molar-refractivity contribution in [3.05, 3.63) is 0 Å². The van der Waals surface area contributed by atoms with Gasteiger partial charge in [0.1, 0.15) is 5.71 Å². The first-order valence-electron chi connectivity index (χ1n) is 7.08. The van der Waals surface area contributed by atoms with E-state index in [0.29, 0.717) is 51.3 Å². The summed E-state index contributed by atoms with van der Waals surface area (Å²) in [7, 11) is 1.55. The van der Waals surface area contributed by atoms with E-state index in [4.69, 9.17) is 4.74 Å². The number of rotatable bonds is 2. The molecule has 0 aromatic carbocycles. The Balaban J connectivity index is 1.90. The Hall–Kier alpha value is -2.12. The number of amides is 3. The molecule has 2 aliphatic rings. The molecule has 0 N–H and O–H groups in total. The van der Waals surface area contributed by atoms with Gasteiger partial charge < -0.3 is 14.5 Å². The number of ether oxygens (including phenoxy) is 1. The molecule has 0 unspecified atom stereocenters. The molecule has 3 amide bonds. The van der Waals surface area contributed by atoms with E-state index >= 15 is 0 Å². The van der Waals surface area contributed by atoms with Gasteiger partial charge in [-0.3, -0.25) is 9.59 Å². The van der Waals surface area contributed by atoms with Crippen molar-refractivity contribution in [2.24, 2.45) is 5.10 Å². The smallest absolute Gasteiger partial charge is 0.409 e. The number of carbonyl (C=O) groups is 3. The molecule has 1 fully saturated rings. The summed E-state index contributed by atoms with van der Waals surface area (Å²) >= 11 is 0. The lowest BCUT2D eigenvalue weighted by Gasteiger charge is -2.34. The van der Waals surface area contributed by atoms with Crippen molar-refractivity contribution >= 4 is 23.6 Å². The summed E-state index contributed by atoms with van der Waals surface area (Å²) in [5.41, 5.74) is 0.404. The molecule has 1 saturated heterocycles. The second-order valence-electron chi connectivity index (χ2n) is 4.94.